The molecule has 0 heterocycles. The van der Waals surface area contributed by atoms with Gasteiger partial charge in [-0.3, -0.25) is 9.59 Å². The maximum Gasteiger partial charge on any atom is 0.240 e. The summed E-state index contributed by atoms with van der Waals surface area (Å²) in [5, 5.41) is 2.62. The first-order valence-corrected chi connectivity index (χ1v) is 5.84. The van der Waals surface area contributed by atoms with Crippen LogP contribution in [-0.4, -0.2) is 17.9 Å². The first-order chi connectivity index (χ1) is 8.41. The predicted molar refractivity (Wildman–Crippen MR) is 70.5 cm³/mol. The van der Waals surface area contributed by atoms with E-state index in [2.05, 4.69) is 5.32 Å². The zero-order chi connectivity index (χ0) is 13.7. The standard InChI is InChI=1S/C13H19N3O2/c1-8(2)12(13(15)18)16-11(17)7-9-5-3-4-6-10(9)14/h3-6,8,12H,7,14H2,1-2H3,(H2,15,18)(H,16,17). The summed E-state index contributed by atoms with van der Waals surface area (Å²) in [5.74, 6) is -0.829. The van der Waals surface area contributed by atoms with E-state index in [0.29, 0.717) is 5.69 Å². The molecule has 0 fully saturated rings. The van der Waals surface area contributed by atoms with Crippen LogP contribution >= 0.6 is 0 Å². The van der Waals surface area contributed by atoms with E-state index < -0.39 is 11.9 Å². The number of rotatable bonds is 5. The van der Waals surface area contributed by atoms with Crippen LogP contribution in [0.4, 0.5) is 5.69 Å². The van der Waals surface area contributed by atoms with Crippen LogP contribution in [0.3, 0.4) is 0 Å². The number of amides is 2. The van der Waals surface area contributed by atoms with E-state index in [9.17, 15) is 9.59 Å². The van der Waals surface area contributed by atoms with Crippen LogP contribution < -0.4 is 16.8 Å². The van der Waals surface area contributed by atoms with Crippen LogP contribution in [0.2, 0.25) is 0 Å². The molecule has 98 valence electrons. The van der Waals surface area contributed by atoms with Crippen molar-refractivity contribution in [1.29, 1.82) is 0 Å². The molecule has 1 aromatic carbocycles. The van der Waals surface area contributed by atoms with Gasteiger partial charge in [-0.25, -0.2) is 0 Å². The zero-order valence-electron chi connectivity index (χ0n) is 10.6. The van der Waals surface area contributed by atoms with Crippen molar-refractivity contribution >= 4 is 17.5 Å². The zero-order valence-corrected chi connectivity index (χ0v) is 10.6. The number of benzene rings is 1. The number of primary amides is 1. The highest BCUT2D eigenvalue weighted by Gasteiger charge is 2.21. The van der Waals surface area contributed by atoms with E-state index in [1.54, 1.807) is 18.2 Å². The van der Waals surface area contributed by atoms with Crippen LogP contribution in [0.5, 0.6) is 0 Å². The highest BCUT2D eigenvalue weighted by Crippen LogP contribution is 2.11. The first kappa shape index (κ1) is 14.0. The van der Waals surface area contributed by atoms with E-state index in [-0.39, 0.29) is 18.2 Å². The number of para-hydroxylation sites is 1. The number of nitrogens with two attached hydrogens (primary N) is 2. The molecule has 2 amide bonds. The third-order valence-corrected chi connectivity index (χ3v) is 2.70. The summed E-state index contributed by atoms with van der Waals surface area (Å²) in [6.07, 6.45) is 0.142. The maximum atomic E-state index is 11.8. The molecule has 0 bridgehead atoms. The van der Waals surface area contributed by atoms with Crippen molar-refractivity contribution in [3.63, 3.8) is 0 Å². The van der Waals surface area contributed by atoms with Gasteiger partial charge >= 0.3 is 0 Å². The molecule has 5 heteroatoms. The summed E-state index contributed by atoms with van der Waals surface area (Å²) >= 11 is 0. The summed E-state index contributed by atoms with van der Waals surface area (Å²) in [5.41, 5.74) is 12.3. The Kier molecular flexibility index (Phi) is 4.71. The quantitative estimate of drug-likeness (QED) is 0.660. The lowest BCUT2D eigenvalue weighted by molar-refractivity contribution is -0.127. The van der Waals surface area contributed by atoms with E-state index in [1.165, 1.54) is 0 Å². The summed E-state index contributed by atoms with van der Waals surface area (Å²) in [7, 11) is 0. The molecule has 1 unspecified atom stereocenters. The Hall–Kier alpha value is -2.04. The highest BCUT2D eigenvalue weighted by atomic mass is 16.2. The number of anilines is 1. The summed E-state index contributed by atoms with van der Waals surface area (Å²) in [6, 6.07) is 6.48. The maximum absolute atomic E-state index is 11.8. The second-order valence-electron chi connectivity index (χ2n) is 4.57. The van der Waals surface area contributed by atoms with Crippen molar-refractivity contribution in [3.8, 4) is 0 Å². The monoisotopic (exact) mass is 249 g/mol. The molecular weight excluding hydrogens is 230 g/mol. The normalized spacial score (nSPS) is 12.2. The molecule has 0 saturated carbocycles. The summed E-state index contributed by atoms with van der Waals surface area (Å²) in [6.45, 7) is 3.65. The van der Waals surface area contributed by atoms with Gasteiger partial charge < -0.3 is 16.8 Å². The summed E-state index contributed by atoms with van der Waals surface area (Å²) in [4.78, 5) is 23.0. The lowest BCUT2D eigenvalue weighted by Gasteiger charge is -2.19. The Morgan fingerprint density at radius 2 is 1.89 bits per heavy atom. The van der Waals surface area contributed by atoms with Crippen LogP contribution in [0.1, 0.15) is 19.4 Å². The molecule has 1 rings (SSSR count). The third kappa shape index (κ3) is 3.76. The smallest absolute Gasteiger partial charge is 0.240 e. The molecule has 5 nitrogen and oxygen atoms in total. The van der Waals surface area contributed by atoms with E-state index in [1.807, 2.05) is 19.9 Å². The number of carbonyl (C=O) groups excluding carboxylic acids is 2. The lowest BCUT2D eigenvalue weighted by Crippen LogP contribution is -2.48. The molecule has 1 aromatic rings. The molecule has 18 heavy (non-hydrogen) atoms. The topological polar surface area (TPSA) is 98.2 Å². The van der Waals surface area contributed by atoms with Gasteiger partial charge in [-0.15, -0.1) is 0 Å². The fraction of sp³-hybridized carbons (Fsp3) is 0.385. The molecule has 0 spiro atoms. The molecule has 0 aliphatic carbocycles. The second kappa shape index (κ2) is 6.05. The molecule has 5 N–H and O–H groups in total. The highest BCUT2D eigenvalue weighted by molar-refractivity contribution is 5.88. The molecular formula is C13H19N3O2. The summed E-state index contributed by atoms with van der Waals surface area (Å²) < 4.78 is 0. The van der Waals surface area contributed by atoms with Gasteiger partial charge in [0.05, 0.1) is 6.42 Å². The second-order valence-corrected chi connectivity index (χ2v) is 4.57. The van der Waals surface area contributed by atoms with Crippen molar-refractivity contribution in [1.82, 2.24) is 5.32 Å². The number of hydrogen-bond acceptors (Lipinski definition) is 3. The molecule has 0 radical (unpaired) electrons. The van der Waals surface area contributed by atoms with Gasteiger partial charge in [-0.2, -0.15) is 0 Å². The fourth-order valence-electron chi connectivity index (χ4n) is 1.66. The Morgan fingerprint density at radius 3 is 2.39 bits per heavy atom. The van der Waals surface area contributed by atoms with Gasteiger partial charge in [0.25, 0.3) is 0 Å². The fourth-order valence-corrected chi connectivity index (χ4v) is 1.66. The third-order valence-electron chi connectivity index (χ3n) is 2.70. The minimum atomic E-state index is -0.651. The Labute approximate surface area is 107 Å². The predicted octanol–water partition coefficient (Wildman–Crippen LogP) is 0.437. The van der Waals surface area contributed by atoms with Gasteiger partial charge in [0.1, 0.15) is 6.04 Å². The van der Waals surface area contributed by atoms with Crippen molar-refractivity contribution in [2.75, 3.05) is 5.73 Å². The van der Waals surface area contributed by atoms with E-state index in [0.717, 1.165) is 5.56 Å². The van der Waals surface area contributed by atoms with Crippen molar-refractivity contribution < 1.29 is 9.59 Å². The number of nitrogens with one attached hydrogen (secondary N) is 1. The van der Waals surface area contributed by atoms with Gasteiger partial charge in [-0.1, -0.05) is 32.0 Å². The van der Waals surface area contributed by atoms with E-state index in [4.69, 9.17) is 11.5 Å². The van der Waals surface area contributed by atoms with Crippen molar-refractivity contribution in [2.45, 2.75) is 26.3 Å². The largest absolute Gasteiger partial charge is 0.398 e. The van der Waals surface area contributed by atoms with Gasteiger partial charge in [-0.05, 0) is 17.5 Å². The molecule has 1 atom stereocenters. The minimum absolute atomic E-state index is 0.0421. The average molecular weight is 249 g/mol. The Balaban J connectivity index is 2.67. The van der Waals surface area contributed by atoms with Crippen molar-refractivity contribution in [3.05, 3.63) is 29.8 Å². The Morgan fingerprint density at radius 1 is 1.28 bits per heavy atom. The lowest BCUT2D eigenvalue weighted by atomic mass is 10.0. The molecule has 0 aliphatic heterocycles. The average Bonchev–Trinajstić information content (AvgIpc) is 2.28. The number of nitrogen functional groups attached to an aromatic ring is 1. The molecule has 0 aliphatic rings. The van der Waals surface area contributed by atoms with Crippen LogP contribution in [0, 0.1) is 5.92 Å². The van der Waals surface area contributed by atoms with Crippen LogP contribution in [0.25, 0.3) is 0 Å². The number of carbonyl (C=O) groups is 2. The molecule has 0 saturated heterocycles. The van der Waals surface area contributed by atoms with Crippen LogP contribution in [-0.2, 0) is 16.0 Å². The number of hydrogen-bond donors (Lipinski definition) is 3. The van der Waals surface area contributed by atoms with Gasteiger partial charge in [0.15, 0.2) is 0 Å². The van der Waals surface area contributed by atoms with Gasteiger partial charge in [0, 0.05) is 5.69 Å². The van der Waals surface area contributed by atoms with Crippen molar-refractivity contribution in [2.24, 2.45) is 11.7 Å². The minimum Gasteiger partial charge on any atom is -0.398 e. The van der Waals surface area contributed by atoms with E-state index >= 15 is 0 Å². The first-order valence-electron chi connectivity index (χ1n) is 5.84. The van der Waals surface area contributed by atoms with Gasteiger partial charge in [0.2, 0.25) is 11.8 Å². The molecule has 0 aromatic heterocycles. The Bertz CT molecular complexity index is 444. The van der Waals surface area contributed by atoms with Crippen LogP contribution in [0.15, 0.2) is 24.3 Å². The SMILES string of the molecule is CC(C)C(NC(=O)Cc1ccccc1N)C(N)=O.